The SMILES string of the molecule is C.C.CC.CC(=O)C(C)C(C)(C)C(C)(C)C.CC(C)C(C)C(C)(C)C.CCC(C)(C)C. The van der Waals surface area contributed by atoms with Crippen LogP contribution in [-0.2, 0) is 4.79 Å². The molecule has 196 valence electrons. The molecular formula is C30H70O. The van der Waals surface area contributed by atoms with Crippen LogP contribution in [0.4, 0.5) is 0 Å². The molecule has 0 radical (unpaired) electrons. The number of ketones is 1. The average Bonchev–Trinajstić information content (AvgIpc) is 2.53. The highest BCUT2D eigenvalue weighted by Crippen LogP contribution is 2.44. The molecule has 2 atom stereocenters. The topological polar surface area (TPSA) is 17.1 Å². The standard InChI is InChI=1S/C11H22O.C9H20.C6H14.C2H6.2CH4/c1-8(9(2)12)11(6,7)10(3,4)5;1-7(2)8(3)9(4,5)6;1-5-6(2,3)4;1-2;;/h8H,1-7H3;7-8H,1-6H3;5H2,1-4H3;1-2H3;2*1H4. The van der Waals surface area contributed by atoms with Gasteiger partial charge >= 0.3 is 0 Å². The van der Waals surface area contributed by atoms with Gasteiger partial charge in [-0.25, -0.2) is 0 Å². The summed E-state index contributed by atoms with van der Waals surface area (Å²) in [4.78, 5) is 11.2. The Morgan fingerprint density at radius 3 is 1.00 bits per heavy atom. The molecule has 0 heterocycles. The van der Waals surface area contributed by atoms with Crippen molar-refractivity contribution in [2.75, 3.05) is 0 Å². The van der Waals surface area contributed by atoms with Crippen molar-refractivity contribution in [3.05, 3.63) is 0 Å². The summed E-state index contributed by atoms with van der Waals surface area (Å²) in [6.45, 7) is 41.3. The molecule has 0 saturated heterocycles. The van der Waals surface area contributed by atoms with Gasteiger partial charge in [0.25, 0.3) is 0 Å². The van der Waals surface area contributed by atoms with Gasteiger partial charge in [-0.2, -0.15) is 0 Å². The predicted octanol–water partition coefficient (Wildman–Crippen LogP) is 11.3. The van der Waals surface area contributed by atoms with Crippen LogP contribution in [0, 0.1) is 39.4 Å². The molecule has 0 bridgehead atoms. The zero-order valence-corrected chi connectivity index (χ0v) is 24.3. The maximum Gasteiger partial charge on any atom is 0.133 e. The maximum atomic E-state index is 11.2. The van der Waals surface area contributed by atoms with Crippen molar-refractivity contribution in [2.24, 2.45) is 39.4 Å². The van der Waals surface area contributed by atoms with Gasteiger partial charge in [0.2, 0.25) is 0 Å². The molecule has 0 aliphatic carbocycles. The fourth-order valence-corrected chi connectivity index (χ4v) is 2.16. The van der Waals surface area contributed by atoms with Crippen LogP contribution in [0.1, 0.15) is 153 Å². The molecule has 31 heavy (non-hydrogen) atoms. The molecule has 0 aromatic carbocycles. The first-order valence-electron chi connectivity index (χ1n) is 12.0. The van der Waals surface area contributed by atoms with Gasteiger partial charge in [-0.05, 0) is 40.4 Å². The molecule has 0 rings (SSSR count). The van der Waals surface area contributed by atoms with Gasteiger partial charge in [0.05, 0.1) is 0 Å². The third-order valence-electron chi connectivity index (χ3n) is 7.05. The van der Waals surface area contributed by atoms with E-state index in [9.17, 15) is 4.79 Å². The van der Waals surface area contributed by atoms with E-state index in [1.807, 2.05) is 20.8 Å². The molecule has 0 aliphatic rings. The number of hydrogen-bond acceptors (Lipinski definition) is 1. The Morgan fingerprint density at radius 1 is 0.710 bits per heavy atom. The summed E-state index contributed by atoms with van der Waals surface area (Å²) in [5.41, 5.74) is 1.27. The molecule has 0 amide bonds. The largest absolute Gasteiger partial charge is 0.300 e. The highest BCUT2D eigenvalue weighted by molar-refractivity contribution is 5.78. The number of rotatable bonds is 3. The monoisotopic (exact) mass is 447 g/mol. The van der Waals surface area contributed by atoms with E-state index < -0.39 is 0 Å². The highest BCUT2D eigenvalue weighted by Gasteiger charge is 2.39. The smallest absolute Gasteiger partial charge is 0.133 e. The lowest BCUT2D eigenvalue weighted by atomic mass is 9.62. The third kappa shape index (κ3) is 22.6. The van der Waals surface area contributed by atoms with Gasteiger partial charge in [-0.3, -0.25) is 4.79 Å². The fourth-order valence-electron chi connectivity index (χ4n) is 2.16. The number of hydrogen-bond donors (Lipinski definition) is 0. The normalized spacial score (nSPS) is 13.4. The Labute approximate surface area is 203 Å². The van der Waals surface area contributed by atoms with Gasteiger partial charge in [-0.15, -0.1) is 0 Å². The molecule has 1 heteroatoms. The Bertz CT molecular complexity index is 394. The average molecular weight is 447 g/mol. The molecule has 2 unspecified atom stereocenters. The van der Waals surface area contributed by atoms with Gasteiger partial charge in [0, 0.05) is 5.92 Å². The van der Waals surface area contributed by atoms with Crippen molar-refractivity contribution in [2.45, 2.75) is 153 Å². The van der Waals surface area contributed by atoms with Crippen LogP contribution in [0.15, 0.2) is 0 Å². The lowest BCUT2D eigenvalue weighted by Gasteiger charge is -2.42. The Hall–Kier alpha value is -0.330. The van der Waals surface area contributed by atoms with Crippen molar-refractivity contribution in [3.63, 3.8) is 0 Å². The van der Waals surface area contributed by atoms with E-state index in [2.05, 4.69) is 104 Å². The molecule has 0 spiro atoms. The number of carbonyl (C=O) groups is 1. The molecule has 0 saturated carbocycles. The third-order valence-corrected chi connectivity index (χ3v) is 7.05. The summed E-state index contributed by atoms with van der Waals surface area (Å²) < 4.78 is 0. The van der Waals surface area contributed by atoms with Crippen molar-refractivity contribution in [1.82, 2.24) is 0 Å². The first-order chi connectivity index (χ1) is 12.5. The summed E-state index contributed by atoms with van der Waals surface area (Å²) in [5.74, 6) is 2.05. The Morgan fingerprint density at radius 2 is 0.968 bits per heavy atom. The van der Waals surface area contributed by atoms with Crippen LogP contribution in [0.5, 0.6) is 0 Å². The second kappa shape index (κ2) is 18.1. The van der Waals surface area contributed by atoms with E-state index in [0.29, 0.717) is 10.8 Å². The maximum absolute atomic E-state index is 11.2. The van der Waals surface area contributed by atoms with Crippen LogP contribution in [0.25, 0.3) is 0 Å². The van der Waals surface area contributed by atoms with Gasteiger partial charge < -0.3 is 0 Å². The second-order valence-electron chi connectivity index (χ2n) is 12.6. The lowest BCUT2D eigenvalue weighted by Crippen LogP contribution is -2.38. The molecular weight excluding hydrogens is 376 g/mol. The summed E-state index contributed by atoms with van der Waals surface area (Å²) in [5, 5.41) is 0. The number of Topliss-reactive ketones (excluding diaryl/α,β-unsaturated/α-hetero) is 1. The van der Waals surface area contributed by atoms with E-state index in [1.54, 1.807) is 6.92 Å². The zero-order valence-electron chi connectivity index (χ0n) is 24.3. The fraction of sp³-hybridized carbons (Fsp3) is 0.967. The van der Waals surface area contributed by atoms with Crippen molar-refractivity contribution in [1.29, 1.82) is 0 Å². The Kier molecular flexibility index (Phi) is 26.0. The van der Waals surface area contributed by atoms with Gasteiger partial charge in [0.1, 0.15) is 5.78 Å². The van der Waals surface area contributed by atoms with Crippen LogP contribution >= 0.6 is 0 Å². The van der Waals surface area contributed by atoms with Gasteiger partial charge in [-0.1, -0.05) is 146 Å². The quantitative estimate of drug-likeness (QED) is 0.421. The van der Waals surface area contributed by atoms with Crippen molar-refractivity contribution < 1.29 is 4.79 Å². The molecule has 0 aromatic rings. The minimum Gasteiger partial charge on any atom is -0.300 e. The first kappa shape index (κ1) is 44.4. The predicted molar refractivity (Wildman–Crippen MR) is 151 cm³/mol. The van der Waals surface area contributed by atoms with E-state index in [1.165, 1.54) is 6.42 Å². The van der Waals surface area contributed by atoms with E-state index in [-0.39, 0.29) is 37.4 Å². The molecule has 0 fully saturated rings. The van der Waals surface area contributed by atoms with Crippen LogP contribution in [0.3, 0.4) is 0 Å². The summed E-state index contributed by atoms with van der Waals surface area (Å²) in [7, 11) is 0. The molecule has 0 N–H and O–H groups in total. The highest BCUT2D eigenvalue weighted by atomic mass is 16.1. The second-order valence-corrected chi connectivity index (χ2v) is 12.6. The van der Waals surface area contributed by atoms with E-state index in [0.717, 1.165) is 11.8 Å². The minimum absolute atomic E-state index is 0. The molecule has 0 aliphatic heterocycles. The van der Waals surface area contributed by atoms with E-state index in [4.69, 9.17) is 0 Å². The molecule has 0 aromatic heterocycles. The Balaban J connectivity index is -0.0000000736. The van der Waals surface area contributed by atoms with Crippen molar-refractivity contribution in [3.8, 4) is 0 Å². The van der Waals surface area contributed by atoms with Crippen LogP contribution < -0.4 is 0 Å². The molecule has 1 nitrogen and oxygen atoms in total. The summed E-state index contributed by atoms with van der Waals surface area (Å²) in [6, 6.07) is 0. The van der Waals surface area contributed by atoms with Crippen LogP contribution in [-0.4, -0.2) is 5.78 Å². The van der Waals surface area contributed by atoms with Crippen molar-refractivity contribution >= 4 is 5.78 Å². The first-order valence-corrected chi connectivity index (χ1v) is 12.0. The van der Waals surface area contributed by atoms with Crippen LogP contribution in [0.2, 0.25) is 0 Å². The minimum atomic E-state index is 0. The van der Waals surface area contributed by atoms with Gasteiger partial charge in [0.15, 0.2) is 0 Å². The lowest BCUT2D eigenvalue weighted by molar-refractivity contribution is -0.126. The summed E-state index contributed by atoms with van der Waals surface area (Å²) >= 11 is 0. The van der Waals surface area contributed by atoms with E-state index >= 15 is 0 Å². The zero-order chi connectivity index (χ0) is 25.0. The summed E-state index contributed by atoms with van der Waals surface area (Å²) in [6.07, 6.45) is 1.27. The number of carbonyl (C=O) groups excluding carboxylic acids is 1.